The smallest absolute Gasteiger partial charge is 0.264 e. The number of para-hydroxylation sites is 1. The highest BCUT2D eigenvalue weighted by atomic mass is 32.2. The van der Waals surface area contributed by atoms with E-state index in [-0.39, 0.29) is 29.5 Å². The monoisotopic (exact) mass is 569 g/mol. The van der Waals surface area contributed by atoms with Gasteiger partial charge in [0.1, 0.15) is 24.2 Å². The van der Waals surface area contributed by atoms with Gasteiger partial charge in [-0.15, -0.1) is 0 Å². The predicted molar refractivity (Wildman–Crippen MR) is 153 cm³/mol. The maximum Gasteiger partial charge on any atom is 0.264 e. The van der Waals surface area contributed by atoms with Gasteiger partial charge >= 0.3 is 0 Å². The van der Waals surface area contributed by atoms with Crippen LogP contribution in [0.4, 0.5) is 10.1 Å². The summed E-state index contributed by atoms with van der Waals surface area (Å²) in [6.07, 6.45) is 0.267. The van der Waals surface area contributed by atoms with Crippen molar-refractivity contribution in [2.45, 2.75) is 57.1 Å². The molecule has 10 heteroatoms. The van der Waals surface area contributed by atoms with E-state index in [4.69, 9.17) is 4.74 Å². The van der Waals surface area contributed by atoms with Crippen LogP contribution in [0.2, 0.25) is 0 Å². The molecular weight excluding hydrogens is 533 g/mol. The number of hydrogen-bond donors (Lipinski definition) is 1. The number of sulfonamides is 1. The normalized spacial score (nSPS) is 12.3. The minimum absolute atomic E-state index is 0.00258. The molecule has 3 rings (SSSR count). The van der Waals surface area contributed by atoms with E-state index >= 15 is 0 Å². The summed E-state index contributed by atoms with van der Waals surface area (Å²) in [7, 11) is -2.82. The minimum atomic E-state index is -4.34. The molecular formula is C30H36FN3O5S. The first kappa shape index (κ1) is 30.6. The summed E-state index contributed by atoms with van der Waals surface area (Å²) in [4.78, 5) is 28.6. The predicted octanol–water partition coefficient (Wildman–Crippen LogP) is 4.75. The highest BCUT2D eigenvalue weighted by Crippen LogP contribution is 2.27. The Labute approximate surface area is 235 Å². The number of amides is 2. The molecule has 1 atom stereocenters. The number of ether oxygens (including phenoxy) is 1. The number of carbonyl (C=O) groups excluding carboxylic acids is 2. The van der Waals surface area contributed by atoms with E-state index in [1.54, 1.807) is 49.4 Å². The highest BCUT2D eigenvalue weighted by molar-refractivity contribution is 7.92. The second-order valence-corrected chi connectivity index (χ2v) is 12.2. The Morgan fingerprint density at radius 3 is 2.23 bits per heavy atom. The maximum atomic E-state index is 15.0. The van der Waals surface area contributed by atoms with E-state index in [2.05, 4.69) is 5.32 Å². The van der Waals surface area contributed by atoms with Crippen LogP contribution in [-0.2, 0) is 26.2 Å². The van der Waals surface area contributed by atoms with Crippen molar-refractivity contribution >= 4 is 27.5 Å². The topological polar surface area (TPSA) is 96.0 Å². The van der Waals surface area contributed by atoms with Gasteiger partial charge in [0.15, 0.2) is 0 Å². The fraction of sp³-hybridized carbons (Fsp3) is 0.333. The molecule has 0 unspecified atom stereocenters. The van der Waals surface area contributed by atoms with Crippen LogP contribution in [0.25, 0.3) is 0 Å². The fourth-order valence-corrected chi connectivity index (χ4v) is 5.67. The lowest BCUT2D eigenvalue weighted by Gasteiger charge is -2.34. The quantitative estimate of drug-likeness (QED) is 0.360. The largest absolute Gasteiger partial charge is 0.497 e. The number of carbonyl (C=O) groups is 2. The van der Waals surface area contributed by atoms with Gasteiger partial charge < -0.3 is 15.0 Å². The van der Waals surface area contributed by atoms with E-state index in [0.29, 0.717) is 11.3 Å². The highest BCUT2D eigenvalue weighted by Gasteiger charge is 2.35. The van der Waals surface area contributed by atoms with E-state index in [1.165, 1.54) is 42.3 Å². The SMILES string of the molecule is CC[C@H](C(=O)NC(C)(C)C)N(Cc1cccc(OC)c1)C(=O)CN(c1ccccc1F)S(=O)(=O)c1ccccc1. The van der Waals surface area contributed by atoms with Gasteiger partial charge in [0.2, 0.25) is 11.8 Å². The molecule has 0 radical (unpaired) electrons. The molecule has 0 aliphatic rings. The third-order valence-electron chi connectivity index (χ3n) is 6.10. The van der Waals surface area contributed by atoms with Gasteiger partial charge in [0.25, 0.3) is 10.0 Å². The molecule has 0 bridgehead atoms. The Balaban J connectivity index is 2.08. The zero-order valence-corrected chi connectivity index (χ0v) is 24.2. The molecule has 0 saturated heterocycles. The summed E-state index contributed by atoms with van der Waals surface area (Å²) in [5, 5.41) is 2.91. The number of anilines is 1. The molecule has 1 N–H and O–H groups in total. The lowest BCUT2D eigenvalue weighted by atomic mass is 10.1. The van der Waals surface area contributed by atoms with Crippen LogP contribution in [-0.4, -0.2) is 50.4 Å². The van der Waals surface area contributed by atoms with Crippen molar-refractivity contribution in [1.29, 1.82) is 0 Å². The maximum absolute atomic E-state index is 15.0. The fourth-order valence-electron chi connectivity index (χ4n) is 4.23. The van der Waals surface area contributed by atoms with Crippen LogP contribution >= 0.6 is 0 Å². The molecule has 3 aromatic carbocycles. The van der Waals surface area contributed by atoms with Crippen LogP contribution < -0.4 is 14.4 Å². The Bertz CT molecular complexity index is 1420. The average molecular weight is 570 g/mol. The molecule has 0 aromatic heterocycles. The van der Waals surface area contributed by atoms with Crippen molar-refractivity contribution in [3.63, 3.8) is 0 Å². The van der Waals surface area contributed by atoms with Crippen LogP contribution in [0, 0.1) is 5.82 Å². The molecule has 0 spiro atoms. The lowest BCUT2D eigenvalue weighted by Crippen LogP contribution is -2.55. The number of benzene rings is 3. The van der Waals surface area contributed by atoms with Gasteiger partial charge in [-0.1, -0.05) is 49.4 Å². The average Bonchev–Trinajstić information content (AvgIpc) is 2.91. The van der Waals surface area contributed by atoms with Crippen molar-refractivity contribution in [3.05, 3.63) is 90.2 Å². The Kier molecular flexibility index (Phi) is 9.92. The summed E-state index contributed by atoms with van der Waals surface area (Å²) >= 11 is 0. The summed E-state index contributed by atoms with van der Waals surface area (Å²) in [5.41, 5.74) is -0.156. The molecule has 8 nitrogen and oxygen atoms in total. The van der Waals surface area contributed by atoms with E-state index < -0.39 is 39.9 Å². The van der Waals surface area contributed by atoms with Crippen LogP contribution in [0.3, 0.4) is 0 Å². The Morgan fingerprint density at radius 1 is 0.975 bits per heavy atom. The third kappa shape index (κ3) is 7.59. The van der Waals surface area contributed by atoms with E-state index in [9.17, 15) is 22.4 Å². The minimum Gasteiger partial charge on any atom is -0.497 e. The van der Waals surface area contributed by atoms with Crippen molar-refractivity contribution in [3.8, 4) is 5.75 Å². The van der Waals surface area contributed by atoms with Crippen molar-refractivity contribution < 1.29 is 27.1 Å². The van der Waals surface area contributed by atoms with Crippen LogP contribution in [0.1, 0.15) is 39.7 Å². The standard InChI is InChI=1S/C30H36FN3O5S/c1-6-26(29(36)32-30(2,3)4)33(20-22-13-12-14-23(19-22)39-5)28(35)21-34(27-18-11-10-17-25(27)31)40(37,38)24-15-8-7-9-16-24/h7-19,26H,6,20-21H2,1-5H3,(H,32,36)/t26-/m1/s1. The number of hydrogen-bond acceptors (Lipinski definition) is 5. The molecule has 2 amide bonds. The first-order valence-electron chi connectivity index (χ1n) is 12.9. The number of rotatable bonds is 11. The summed E-state index contributed by atoms with van der Waals surface area (Å²) in [6.45, 7) is 6.55. The van der Waals surface area contributed by atoms with Crippen molar-refractivity contribution in [2.24, 2.45) is 0 Å². The molecule has 0 aliphatic carbocycles. The summed E-state index contributed by atoms with van der Waals surface area (Å²) in [5.74, 6) is -1.28. The van der Waals surface area contributed by atoms with Gasteiger partial charge in [-0.2, -0.15) is 0 Å². The van der Waals surface area contributed by atoms with Crippen molar-refractivity contribution in [1.82, 2.24) is 10.2 Å². The van der Waals surface area contributed by atoms with Gasteiger partial charge in [-0.05, 0) is 69.2 Å². The van der Waals surface area contributed by atoms with Gasteiger partial charge in [0.05, 0.1) is 17.7 Å². The number of methoxy groups -OCH3 is 1. The molecule has 0 fully saturated rings. The zero-order valence-electron chi connectivity index (χ0n) is 23.4. The van der Waals surface area contributed by atoms with Gasteiger partial charge in [-0.3, -0.25) is 13.9 Å². The molecule has 40 heavy (non-hydrogen) atoms. The van der Waals surface area contributed by atoms with Crippen molar-refractivity contribution in [2.75, 3.05) is 18.0 Å². The second kappa shape index (κ2) is 13.0. The molecule has 0 heterocycles. The second-order valence-electron chi connectivity index (χ2n) is 10.3. The molecule has 3 aromatic rings. The first-order valence-corrected chi connectivity index (χ1v) is 14.4. The van der Waals surface area contributed by atoms with Crippen LogP contribution in [0.15, 0.2) is 83.8 Å². The number of halogens is 1. The third-order valence-corrected chi connectivity index (χ3v) is 7.88. The zero-order chi connectivity index (χ0) is 29.5. The molecule has 0 saturated carbocycles. The Hall–Kier alpha value is -3.92. The molecule has 0 aliphatic heterocycles. The number of nitrogens with zero attached hydrogens (tertiary/aromatic N) is 2. The van der Waals surface area contributed by atoms with Crippen LogP contribution in [0.5, 0.6) is 5.75 Å². The summed E-state index contributed by atoms with van der Waals surface area (Å²) < 4.78 is 48.5. The van der Waals surface area contributed by atoms with Gasteiger partial charge in [-0.25, -0.2) is 12.8 Å². The van der Waals surface area contributed by atoms with E-state index in [0.717, 1.165) is 10.4 Å². The molecule has 214 valence electrons. The van der Waals surface area contributed by atoms with Gasteiger partial charge in [0, 0.05) is 12.1 Å². The summed E-state index contributed by atoms with van der Waals surface area (Å²) in [6, 6.07) is 19.0. The van der Waals surface area contributed by atoms with E-state index in [1.807, 2.05) is 20.8 Å². The first-order chi connectivity index (χ1) is 18.9. The Morgan fingerprint density at radius 2 is 1.62 bits per heavy atom. The number of nitrogens with one attached hydrogen (secondary N) is 1. The lowest BCUT2D eigenvalue weighted by molar-refractivity contribution is -0.141.